The molecule has 2 aromatic rings. The molecule has 134 valence electrons. The summed E-state index contributed by atoms with van der Waals surface area (Å²) in [4.78, 5) is 26.2. The summed E-state index contributed by atoms with van der Waals surface area (Å²) in [6, 6.07) is 3.13. The van der Waals surface area contributed by atoms with E-state index in [-0.39, 0.29) is 10.5 Å². The van der Waals surface area contributed by atoms with E-state index in [1.807, 2.05) is 17.7 Å². The molecule has 25 heavy (non-hydrogen) atoms. The second-order valence-electron chi connectivity index (χ2n) is 5.52. The van der Waals surface area contributed by atoms with E-state index in [4.69, 9.17) is 0 Å². The fourth-order valence-electron chi connectivity index (χ4n) is 2.23. The minimum Gasteiger partial charge on any atom is -0.352 e. The standard InChI is InChI=1S/C15H18N4O5S/c1-11-16-5-7-18(11)6-3-4-17-15(20)12-8-13(19(21)22)10-14(9-12)25(2,23)24/h5,7-10H,3-4,6H2,1-2H3,(H,17,20). The molecule has 0 atom stereocenters. The Hall–Kier alpha value is -2.75. The van der Waals surface area contributed by atoms with Gasteiger partial charge in [0, 0.05) is 49.4 Å². The minimum absolute atomic E-state index is 0.0616. The Labute approximate surface area is 144 Å². The van der Waals surface area contributed by atoms with Gasteiger partial charge in [-0.1, -0.05) is 0 Å². The number of nitrogens with zero attached hydrogens (tertiary/aromatic N) is 3. The number of aryl methyl sites for hydroxylation is 2. The Balaban J connectivity index is 2.06. The summed E-state index contributed by atoms with van der Waals surface area (Å²) in [5.74, 6) is 0.304. The normalized spacial score (nSPS) is 11.3. The van der Waals surface area contributed by atoms with Crippen LogP contribution in [0.3, 0.4) is 0 Å². The monoisotopic (exact) mass is 366 g/mol. The third-order valence-corrected chi connectivity index (χ3v) is 4.67. The van der Waals surface area contributed by atoms with Crippen molar-refractivity contribution in [2.24, 2.45) is 0 Å². The summed E-state index contributed by atoms with van der Waals surface area (Å²) in [7, 11) is -3.67. The molecule has 1 aromatic carbocycles. The van der Waals surface area contributed by atoms with E-state index >= 15 is 0 Å². The van der Waals surface area contributed by atoms with Crippen LogP contribution < -0.4 is 5.32 Å². The molecular formula is C15H18N4O5S. The molecule has 0 bridgehead atoms. The number of carbonyl (C=O) groups is 1. The number of imidazole rings is 1. The van der Waals surface area contributed by atoms with Crippen LogP contribution in [0, 0.1) is 17.0 Å². The Morgan fingerprint density at radius 1 is 1.36 bits per heavy atom. The number of nitro groups is 1. The fraction of sp³-hybridized carbons (Fsp3) is 0.333. The maximum atomic E-state index is 12.2. The van der Waals surface area contributed by atoms with Gasteiger partial charge in [-0.15, -0.1) is 0 Å². The number of benzene rings is 1. The lowest BCUT2D eigenvalue weighted by atomic mass is 10.2. The average molecular weight is 366 g/mol. The highest BCUT2D eigenvalue weighted by molar-refractivity contribution is 7.90. The Morgan fingerprint density at radius 3 is 2.64 bits per heavy atom. The summed E-state index contributed by atoms with van der Waals surface area (Å²) in [5.41, 5.74) is -0.504. The first kappa shape index (κ1) is 18.6. The predicted molar refractivity (Wildman–Crippen MR) is 90.1 cm³/mol. The molecule has 0 saturated heterocycles. The highest BCUT2D eigenvalue weighted by Crippen LogP contribution is 2.20. The van der Waals surface area contributed by atoms with Crippen LogP contribution in [0.15, 0.2) is 35.5 Å². The van der Waals surface area contributed by atoms with Gasteiger partial charge in [-0.3, -0.25) is 14.9 Å². The van der Waals surface area contributed by atoms with E-state index in [9.17, 15) is 23.3 Å². The fourth-order valence-corrected chi connectivity index (χ4v) is 2.90. The summed E-state index contributed by atoms with van der Waals surface area (Å²) in [6.07, 6.45) is 5.08. The topological polar surface area (TPSA) is 124 Å². The zero-order valence-corrected chi connectivity index (χ0v) is 14.6. The van der Waals surface area contributed by atoms with Crippen molar-refractivity contribution in [1.82, 2.24) is 14.9 Å². The van der Waals surface area contributed by atoms with Crippen molar-refractivity contribution in [1.29, 1.82) is 0 Å². The van der Waals surface area contributed by atoms with Crippen LogP contribution in [-0.4, -0.2) is 41.6 Å². The molecule has 1 N–H and O–H groups in total. The van der Waals surface area contributed by atoms with Crippen molar-refractivity contribution >= 4 is 21.4 Å². The van der Waals surface area contributed by atoms with E-state index in [0.717, 1.165) is 30.3 Å². The molecule has 0 saturated carbocycles. The van der Waals surface area contributed by atoms with Crippen molar-refractivity contribution in [3.63, 3.8) is 0 Å². The van der Waals surface area contributed by atoms with Crippen LogP contribution in [0.1, 0.15) is 22.6 Å². The lowest BCUT2D eigenvalue weighted by Crippen LogP contribution is -2.25. The lowest BCUT2D eigenvalue weighted by molar-refractivity contribution is -0.385. The Bertz CT molecular complexity index is 904. The van der Waals surface area contributed by atoms with Gasteiger partial charge in [-0.2, -0.15) is 0 Å². The number of amides is 1. The molecular weight excluding hydrogens is 348 g/mol. The molecule has 0 radical (unpaired) electrons. The molecule has 0 aliphatic carbocycles. The number of carbonyl (C=O) groups excluding carboxylic acids is 1. The van der Waals surface area contributed by atoms with Gasteiger partial charge >= 0.3 is 0 Å². The van der Waals surface area contributed by atoms with Gasteiger partial charge in [0.05, 0.1) is 9.82 Å². The summed E-state index contributed by atoms with van der Waals surface area (Å²) < 4.78 is 25.2. The van der Waals surface area contributed by atoms with Gasteiger partial charge in [0.2, 0.25) is 0 Å². The number of hydrogen-bond donors (Lipinski definition) is 1. The van der Waals surface area contributed by atoms with Gasteiger partial charge in [0.15, 0.2) is 9.84 Å². The molecule has 1 heterocycles. The number of nitrogens with one attached hydrogen (secondary N) is 1. The van der Waals surface area contributed by atoms with Crippen molar-refractivity contribution < 1.29 is 18.1 Å². The van der Waals surface area contributed by atoms with Crippen molar-refractivity contribution in [3.05, 3.63) is 52.1 Å². The van der Waals surface area contributed by atoms with Crippen LogP contribution in [-0.2, 0) is 16.4 Å². The van der Waals surface area contributed by atoms with Gasteiger partial charge in [-0.25, -0.2) is 13.4 Å². The van der Waals surface area contributed by atoms with Gasteiger partial charge in [0.1, 0.15) is 5.82 Å². The molecule has 1 aromatic heterocycles. The molecule has 0 aliphatic heterocycles. The highest BCUT2D eigenvalue weighted by atomic mass is 32.2. The van der Waals surface area contributed by atoms with E-state index < -0.39 is 26.4 Å². The largest absolute Gasteiger partial charge is 0.352 e. The first-order valence-corrected chi connectivity index (χ1v) is 9.33. The average Bonchev–Trinajstić information content (AvgIpc) is 2.95. The molecule has 0 fully saturated rings. The molecule has 0 unspecified atom stereocenters. The Kier molecular flexibility index (Phi) is 5.52. The first-order chi connectivity index (χ1) is 11.7. The number of nitro benzene ring substituents is 1. The zero-order valence-electron chi connectivity index (χ0n) is 13.8. The minimum atomic E-state index is -3.67. The maximum Gasteiger partial charge on any atom is 0.271 e. The van der Waals surface area contributed by atoms with E-state index in [0.29, 0.717) is 19.5 Å². The number of hydrogen-bond acceptors (Lipinski definition) is 6. The molecule has 1 amide bonds. The first-order valence-electron chi connectivity index (χ1n) is 7.44. The molecule has 9 nitrogen and oxygen atoms in total. The van der Waals surface area contributed by atoms with Gasteiger partial charge in [-0.05, 0) is 19.4 Å². The molecule has 2 rings (SSSR count). The van der Waals surface area contributed by atoms with Crippen molar-refractivity contribution in [3.8, 4) is 0 Å². The van der Waals surface area contributed by atoms with Crippen molar-refractivity contribution in [2.45, 2.75) is 24.8 Å². The summed E-state index contributed by atoms with van der Waals surface area (Å²) in [6.45, 7) is 2.87. The van der Waals surface area contributed by atoms with Gasteiger partial charge < -0.3 is 9.88 Å². The second kappa shape index (κ2) is 7.43. The maximum absolute atomic E-state index is 12.2. The van der Waals surface area contributed by atoms with Crippen LogP contribution in [0.4, 0.5) is 5.69 Å². The molecule has 0 aliphatic rings. The lowest BCUT2D eigenvalue weighted by Gasteiger charge is -2.08. The summed E-state index contributed by atoms with van der Waals surface area (Å²) >= 11 is 0. The second-order valence-corrected chi connectivity index (χ2v) is 7.54. The van der Waals surface area contributed by atoms with E-state index in [1.54, 1.807) is 6.20 Å². The third-order valence-electron chi connectivity index (χ3n) is 3.58. The SMILES string of the molecule is Cc1nccn1CCCNC(=O)c1cc([N+](=O)[O-])cc(S(C)(=O)=O)c1. The van der Waals surface area contributed by atoms with Crippen LogP contribution >= 0.6 is 0 Å². The van der Waals surface area contributed by atoms with Crippen LogP contribution in [0.5, 0.6) is 0 Å². The smallest absolute Gasteiger partial charge is 0.271 e. The number of rotatable bonds is 7. The van der Waals surface area contributed by atoms with Gasteiger partial charge in [0.25, 0.3) is 11.6 Å². The molecule has 10 heteroatoms. The number of aromatic nitrogens is 2. The Morgan fingerprint density at radius 2 is 2.08 bits per heavy atom. The number of non-ortho nitro benzene ring substituents is 1. The predicted octanol–water partition coefficient (Wildman–Crippen LogP) is 1.32. The van der Waals surface area contributed by atoms with E-state index in [1.165, 1.54) is 0 Å². The number of sulfone groups is 1. The highest BCUT2D eigenvalue weighted by Gasteiger charge is 2.18. The van der Waals surface area contributed by atoms with Crippen LogP contribution in [0.2, 0.25) is 0 Å². The third kappa shape index (κ3) is 4.86. The zero-order chi connectivity index (χ0) is 18.6. The molecule has 0 spiro atoms. The van der Waals surface area contributed by atoms with Crippen LogP contribution in [0.25, 0.3) is 0 Å². The van der Waals surface area contributed by atoms with E-state index in [2.05, 4.69) is 10.3 Å². The summed E-state index contributed by atoms with van der Waals surface area (Å²) in [5, 5.41) is 13.6. The quantitative estimate of drug-likeness (QED) is 0.448. The van der Waals surface area contributed by atoms with Crippen molar-refractivity contribution in [2.75, 3.05) is 12.8 Å².